The molecule has 0 fully saturated rings. The van der Waals surface area contributed by atoms with E-state index in [1.54, 1.807) is 25.3 Å². The van der Waals surface area contributed by atoms with Crippen molar-refractivity contribution in [2.24, 2.45) is 0 Å². The van der Waals surface area contributed by atoms with Crippen LogP contribution in [0.1, 0.15) is 17.2 Å². The second kappa shape index (κ2) is 6.17. The molecule has 2 nitrogen and oxygen atoms in total. The zero-order valence-corrected chi connectivity index (χ0v) is 12.0. The van der Waals surface area contributed by atoms with Crippen molar-refractivity contribution in [3.8, 4) is 5.75 Å². The summed E-state index contributed by atoms with van der Waals surface area (Å²) in [6.07, 6.45) is -0.604. The van der Waals surface area contributed by atoms with Crippen molar-refractivity contribution < 1.29 is 14.2 Å². The summed E-state index contributed by atoms with van der Waals surface area (Å²) >= 11 is 3.37. The number of benzene rings is 2. The quantitative estimate of drug-likeness (QED) is 0.925. The summed E-state index contributed by atoms with van der Waals surface area (Å²) in [4.78, 5) is 0. The summed E-state index contributed by atoms with van der Waals surface area (Å²) < 4.78 is 19.7. The number of methoxy groups -OCH3 is 1. The van der Waals surface area contributed by atoms with Crippen molar-refractivity contribution in [1.29, 1.82) is 0 Å². The normalized spacial score (nSPS) is 12.2. The molecule has 1 N–H and O–H groups in total. The Balaban J connectivity index is 2.26. The monoisotopic (exact) mass is 324 g/mol. The molecule has 0 amide bonds. The Morgan fingerprint density at radius 3 is 2.68 bits per heavy atom. The maximum absolute atomic E-state index is 13.6. The van der Waals surface area contributed by atoms with Crippen LogP contribution in [0, 0.1) is 5.82 Å². The van der Waals surface area contributed by atoms with Crippen LogP contribution in [0.2, 0.25) is 0 Å². The van der Waals surface area contributed by atoms with E-state index in [1.807, 2.05) is 18.2 Å². The lowest BCUT2D eigenvalue weighted by Crippen LogP contribution is -2.05. The Labute approximate surface area is 120 Å². The van der Waals surface area contributed by atoms with Gasteiger partial charge in [0.2, 0.25) is 0 Å². The van der Waals surface area contributed by atoms with Gasteiger partial charge in [-0.1, -0.05) is 34.1 Å². The topological polar surface area (TPSA) is 29.5 Å². The lowest BCUT2D eigenvalue weighted by molar-refractivity contribution is 0.172. The molecule has 0 radical (unpaired) electrons. The van der Waals surface area contributed by atoms with Gasteiger partial charge in [0.15, 0.2) is 0 Å². The average Bonchev–Trinajstić information content (AvgIpc) is 2.39. The van der Waals surface area contributed by atoms with Gasteiger partial charge in [-0.15, -0.1) is 0 Å². The van der Waals surface area contributed by atoms with E-state index in [0.717, 1.165) is 10.0 Å². The molecule has 2 aromatic carbocycles. The Morgan fingerprint density at radius 1 is 1.26 bits per heavy atom. The predicted octanol–water partition coefficient (Wildman–Crippen LogP) is 3.87. The van der Waals surface area contributed by atoms with Gasteiger partial charge in [-0.05, 0) is 29.8 Å². The van der Waals surface area contributed by atoms with Gasteiger partial charge < -0.3 is 9.84 Å². The number of hydrogen-bond acceptors (Lipinski definition) is 2. The summed E-state index contributed by atoms with van der Waals surface area (Å²) in [5.74, 6) is 0.280. The second-order valence-corrected chi connectivity index (χ2v) is 5.11. The van der Waals surface area contributed by atoms with Crippen molar-refractivity contribution >= 4 is 15.9 Å². The first-order chi connectivity index (χ1) is 9.11. The first-order valence-corrected chi connectivity index (χ1v) is 6.66. The summed E-state index contributed by atoms with van der Waals surface area (Å²) in [6.45, 7) is 0. The van der Waals surface area contributed by atoms with Crippen LogP contribution in [-0.2, 0) is 6.42 Å². The molecule has 4 heteroatoms. The van der Waals surface area contributed by atoms with Crippen molar-refractivity contribution in [3.05, 3.63) is 63.9 Å². The zero-order valence-electron chi connectivity index (χ0n) is 10.4. The molecule has 0 saturated heterocycles. The lowest BCUT2D eigenvalue weighted by Gasteiger charge is -2.14. The zero-order chi connectivity index (χ0) is 13.8. The summed E-state index contributed by atoms with van der Waals surface area (Å²) in [5, 5.41) is 10.2. The van der Waals surface area contributed by atoms with Gasteiger partial charge in [0.05, 0.1) is 13.2 Å². The number of hydrogen-bond donors (Lipinski definition) is 1. The Bertz CT molecular complexity index is 572. The maximum atomic E-state index is 13.6. The van der Waals surface area contributed by atoms with Gasteiger partial charge >= 0.3 is 0 Å². The van der Waals surface area contributed by atoms with Gasteiger partial charge in [0.1, 0.15) is 11.6 Å². The molecule has 0 aliphatic carbocycles. The smallest absolute Gasteiger partial charge is 0.129 e. The fourth-order valence-corrected chi connectivity index (χ4v) is 2.38. The highest BCUT2D eigenvalue weighted by Crippen LogP contribution is 2.28. The van der Waals surface area contributed by atoms with E-state index >= 15 is 0 Å². The molecule has 0 aliphatic heterocycles. The number of aliphatic hydroxyl groups excluding tert-OH is 1. The van der Waals surface area contributed by atoms with Crippen LogP contribution >= 0.6 is 15.9 Å². The molecule has 1 unspecified atom stereocenters. The van der Waals surface area contributed by atoms with Gasteiger partial charge in [-0.2, -0.15) is 0 Å². The number of halogens is 2. The molecule has 0 aliphatic rings. The van der Waals surface area contributed by atoms with Gasteiger partial charge in [0, 0.05) is 16.5 Å². The highest BCUT2D eigenvalue weighted by molar-refractivity contribution is 9.10. The van der Waals surface area contributed by atoms with E-state index in [4.69, 9.17) is 4.74 Å². The molecule has 0 spiro atoms. The number of ether oxygens (including phenoxy) is 1. The van der Waals surface area contributed by atoms with Gasteiger partial charge in [0.25, 0.3) is 0 Å². The van der Waals surface area contributed by atoms with Crippen molar-refractivity contribution in [3.63, 3.8) is 0 Å². The molecule has 1 atom stereocenters. The minimum Gasteiger partial charge on any atom is -0.496 e. The van der Waals surface area contributed by atoms with E-state index in [-0.39, 0.29) is 0 Å². The van der Waals surface area contributed by atoms with Crippen molar-refractivity contribution in [1.82, 2.24) is 0 Å². The Hall–Kier alpha value is -1.39. The molecule has 0 saturated carbocycles. The maximum Gasteiger partial charge on any atom is 0.129 e. The van der Waals surface area contributed by atoms with Crippen molar-refractivity contribution in [2.45, 2.75) is 12.5 Å². The second-order valence-electron chi connectivity index (χ2n) is 4.20. The van der Waals surface area contributed by atoms with E-state index in [0.29, 0.717) is 17.7 Å². The lowest BCUT2D eigenvalue weighted by atomic mass is 10.0. The van der Waals surface area contributed by atoms with Crippen LogP contribution in [-0.4, -0.2) is 12.2 Å². The summed E-state index contributed by atoms with van der Waals surface area (Å²) in [6, 6.07) is 11.8. The summed E-state index contributed by atoms with van der Waals surface area (Å²) in [7, 11) is 1.57. The first-order valence-electron chi connectivity index (χ1n) is 5.86. The molecule has 2 rings (SSSR count). The average molecular weight is 325 g/mol. The molecule has 0 heterocycles. The highest BCUT2D eigenvalue weighted by atomic mass is 79.9. The van der Waals surface area contributed by atoms with E-state index in [1.165, 1.54) is 6.07 Å². The third-order valence-corrected chi connectivity index (χ3v) is 3.41. The van der Waals surface area contributed by atoms with Crippen LogP contribution in [0.4, 0.5) is 4.39 Å². The third-order valence-electron chi connectivity index (χ3n) is 2.92. The van der Waals surface area contributed by atoms with Crippen LogP contribution in [0.15, 0.2) is 46.9 Å². The van der Waals surface area contributed by atoms with Crippen LogP contribution < -0.4 is 4.74 Å². The van der Waals surface area contributed by atoms with Crippen LogP contribution in [0.5, 0.6) is 5.75 Å². The molecule has 0 aromatic heterocycles. The molecular weight excluding hydrogens is 311 g/mol. The molecule has 0 bridgehead atoms. The first kappa shape index (κ1) is 14.0. The SMILES string of the molecule is COc1ccc(Br)cc1CC(O)c1ccccc1F. The molecule has 19 heavy (non-hydrogen) atoms. The molecular formula is C15H14BrFO2. The number of aliphatic hydroxyl groups is 1. The Morgan fingerprint density at radius 2 is 2.00 bits per heavy atom. The van der Waals surface area contributed by atoms with Gasteiger partial charge in [-0.3, -0.25) is 0 Å². The standard InChI is InChI=1S/C15H14BrFO2/c1-19-15-7-6-11(16)8-10(15)9-14(18)12-4-2-3-5-13(12)17/h2-8,14,18H,9H2,1H3. The van der Waals surface area contributed by atoms with Crippen LogP contribution in [0.25, 0.3) is 0 Å². The summed E-state index contributed by atoms with van der Waals surface area (Å²) in [5.41, 5.74) is 1.12. The van der Waals surface area contributed by atoms with E-state index in [2.05, 4.69) is 15.9 Å². The minimum atomic E-state index is -0.899. The van der Waals surface area contributed by atoms with Crippen LogP contribution in [0.3, 0.4) is 0 Å². The van der Waals surface area contributed by atoms with Gasteiger partial charge in [-0.25, -0.2) is 4.39 Å². The third kappa shape index (κ3) is 3.33. The largest absolute Gasteiger partial charge is 0.496 e. The highest BCUT2D eigenvalue weighted by Gasteiger charge is 2.15. The van der Waals surface area contributed by atoms with E-state index in [9.17, 15) is 9.50 Å². The molecule has 2 aromatic rings. The predicted molar refractivity (Wildman–Crippen MR) is 75.8 cm³/mol. The number of rotatable bonds is 4. The van der Waals surface area contributed by atoms with Crippen molar-refractivity contribution in [2.75, 3.05) is 7.11 Å². The minimum absolute atomic E-state index is 0.295. The van der Waals surface area contributed by atoms with E-state index < -0.39 is 11.9 Å². The molecule has 100 valence electrons. The Kier molecular flexibility index (Phi) is 4.56. The fourth-order valence-electron chi connectivity index (χ4n) is 1.97. The fraction of sp³-hybridized carbons (Fsp3) is 0.200.